The molecular weight excluding hydrogens is 351 g/mol. The quantitative estimate of drug-likeness (QED) is 0.616. The van der Waals surface area contributed by atoms with Gasteiger partial charge >= 0.3 is 0 Å². The second-order valence-corrected chi connectivity index (χ2v) is 10.0. The van der Waals surface area contributed by atoms with Crippen molar-refractivity contribution >= 4 is 29.1 Å². The van der Waals surface area contributed by atoms with Crippen molar-refractivity contribution in [1.82, 2.24) is 0 Å². The number of unbranched alkanes of at least 4 members (excludes halogenated alkanes) is 1. The Morgan fingerprint density at radius 2 is 1.04 bits per heavy atom. The Hall–Kier alpha value is -2.44. The molecule has 0 N–H and O–H groups in total. The molecule has 0 aliphatic carbocycles. The average molecular weight is 378 g/mol. The molecule has 0 bridgehead atoms. The van der Waals surface area contributed by atoms with Crippen molar-refractivity contribution in [3.8, 4) is 0 Å². The first-order valence-electron chi connectivity index (χ1n) is 9.33. The summed E-state index contributed by atoms with van der Waals surface area (Å²) in [5.41, 5.74) is 0. The molecule has 3 heteroatoms. The Balaban J connectivity index is 0.000000596. The SMILES string of the molecule is CC(=O)[O-].CCCC[P+](c1ccccc1)(c1ccccc1)c1ccccc1. The van der Waals surface area contributed by atoms with Gasteiger partial charge < -0.3 is 9.90 Å². The molecule has 0 aromatic heterocycles. The number of hydrogen-bond donors (Lipinski definition) is 0. The predicted molar refractivity (Wildman–Crippen MR) is 116 cm³/mol. The summed E-state index contributed by atoms with van der Waals surface area (Å²) in [6.07, 6.45) is 3.72. The van der Waals surface area contributed by atoms with Crippen molar-refractivity contribution in [3.63, 3.8) is 0 Å². The molecule has 0 saturated carbocycles. The van der Waals surface area contributed by atoms with Gasteiger partial charge in [0.2, 0.25) is 0 Å². The molecule has 0 aliphatic rings. The molecule has 0 amide bonds. The highest BCUT2D eigenvalue weighted by Crippen LogP contribution is 2.55. The molecule has 0 saturated heterocycles. The fourth-order valence-electron chi connectivity index (χ4n) is 3.28. The number of hydrogen-bond acceptors (Lipinski definition) is 2. The molecule has 140 valence electrons. The highest BCUT2D eigenvalue weighted by molar-refractivity contribution is 7.95. The Labute approximate surface area is 163 Å². The van der Waals surface area contributed by atoms with Crippen LogP contribution in [-0.2, 0) is 4.79 Å². The van der Waals surface area contributed by atoms with E-state index in [1.165, 1.54) is 34.9 Å². The van der Waals surface area contributed by atoms with Gasteiger partial charge in [0.05, 0.1) is 6.16 Å². The summed E-state index contributed by atoms with van der Waals surface area (Å²) in [6, 6.07) is 33.4. The minimum absolute atomic E-state index is 0.972. The van der Waals surface area contributed by atoms with Gasteiger partial charge in [0.15, 0.2) is 0 Å². The van der Waals surface area contributed by atoms with Crippen LogP contribution < -0.4 is 21.0 Å². The van der Waals surface area contributed by atoms with Crippen LogP contribution >= 0.6 is 7.26 Å². The van der Waals surface area contributed by atoms with Crippen LogP contribution in [0.1, 0.15) is 26.7 Å². The fourth-order valence-corrected chi connectivity index (χ4v) is 7.78. The Morgan fingerprint density at radius 3 is 1.30 bits per heavy atom. The number of rotatable bonds is 6. The minimum Gasteiger partial charge on any atom is -0.550 e. The molecule has 0 aliphatic heterocycles. The van der Waals surface area contributed by atoms with E-state index in [4.69, 9.17) is 9.90 Å². The first-order chi connectivity index (χ1) is 13.1. The summed E-state index contributed by atoms with van der Waals surface area (Å²) in [6.45, 7) is 3.26. The van der Waals surface area contributed by atoms with E-state index in [2.05, 4.69) is 97.9 Å². The molecular formula is C24H27O2P. The van der Waals surface area contributed by atoms with Crippen molar-refractivity contribution in [1.29, 1.82) is 0 Å². The Bertz CT molecular complexity index is 701. The van der Waals surface area contributed by atoms with Crippen molar-refractivity contribution in [2.45, 2.75) is 26.7 Å². The summed E-state index contributed by atoms with van der Waals surface area (Å²) in [5, 5.41) is 13.4. The van der Waals surface area contributed by atoms with Crippen molar-refractivity contribution in [2.75, 3.05) is 6.16 Å². The van der Waals surface area contributed by atoms with Crippen LogP contribution in [0, 0.1) is 0 Å². The molecule has 3 rings (SSSR count). The maximum Gasteiger partial charge on any atom is 0.112 e. The maximum atomic E-state index is 8.89. The minimum atomic E-state index is -1.57. The second kappa shape index (κ2) is 10.6. The average Bonchev–Trinajstić information content (AvgIpc) is 2.71. The molecule has 2 nitrogen and oxygen atoms in total. The van der Waals surface area contributed by atoms with Gasteiger partial charge in [0, 0.05) is 5.97 Å². The zero-order chi connectivity index (χ0) is 19.5. The molecule has 0 heterocycles. The lowest BCUT2D eigenvalue weighted by atomic mass is 10.3. The molecule has 0 unspecified atom stereocenters. The summed E-state index contributed by atoms with van der Waals surface area (Å²) in [5.74, 6) is -1.08. The monoisotopic (exact) mass is 378 g/mol. The first kappa shape index (κ1) is 20.9. The summed E-state index contributed by atoms with van der Waals surface area (Å²) in [4.78, 5) is 8.89. The Morgan fingerprint density at radius 1 is 0.741 bits per heavy atom. The largest absolute Gasteiger partial charge is 0.550 e. The number of benzene rings is 3. The highest BCUT2D eigenvalue weighted by Gasteiger charge is 2.44. The van der Waals surface area contributed by atoms with Crippen molar-refractivity contribution in [2.24, 2.45) is 0 Å². The van der Waals surface area contributed by atoms with Gasteiger partial charge in [-0.2, -0.15) is 0 Å². The number of carbonyl (C=O) groups excluding carboxylic acids is 1. The van der Waals surface area contributed by atoms with E-state index >= 15 is 0 Å². The molecule has 0 radical (unpaired) electrons. The molecule has 0 atom stereocenters. The standard InChI is InChI=1S/C22H24P.C2H4O2/c1-2-3-19-23(20-13-7-4-8-14-20,21-15-9-5-10-16-21)22-17-11-6-12-18-22;1-2(3)4/h4-18H,2-3,19H2,1H3;1H3,(H,3,4)/q+1;/p-1. The molecule has 3 aromatic carbocycles. The van der Waals surface area contributed by atoms with Crippen LogP contribution in [0.5, 0.6) is 0 Å². The zero-order valence-electron chi connectivity index (χ0n) is 16.0. The van der Waals surface area contributed by atoms with E-state index in [1.807, 2.05) is 0 Å². The van der Waals surface area contributed by atoms with E-state index in [-0.39, 0.29) is 0 Å². The van der Waals surface area contributed by atoms with Gasteiger partial charge in [0.1, 0.15) is 23.2 Å². The number of carboxylic acid groups (broad SMARTS) is 1. The highest BCUT2D eigenvalue weighted by atomic mass is 31.2. The predicted octanol–water partition coefficient (Wildman–Crippen LogP) is 3.54. The van der Waals surface area contributed by atoms with E-state index in [0.29, 0.717) is 0 Å². The topological polar surface area (TPSA) is 40.1 Å². The molecule has 0 fully saturated rings. The summed E-state index contributed by atoms with van der Waals surface area (Å²) in [7, 11) is -1.57. The van der Waals surface area contributed by atoms with Crippen LogP contribution in [0.3, 0.4) is 0 Å². The third-order valence-electron chi connectivity index (χ3n) is 4.44. The summed E-state index contributed by atoms with van der Waals surface area (Å²) < 4.78 is 0. The van der Waals surface area contributed by atoms with Gasteiger partial charge in [-0.3, -0.25) is 0 Å². The molecule has 27 heavy (non-hydrogen) atoms. The van der Waals surface area contributed by atoms with E-state index < -0.39 is 13.2 Å². The van der Waals surface area contributed by atoms with Gasteiger partial charge in [-0.1, -0.05) is 67.9 Å². The lowest BCUT2D eigenvalue weighted by molar-refractivity contribution is -0.302. The van der Waals surface area contributed by atoms with Crippen LogP contribution in [-0.4, -0.2) is 12.1 Å². The van der Waals surface area contributed by atoms with E-state index in [1.54, 1.807) is 0 Å². The maximum absolute atomic E-state index is 8.89. The third kappa shape index (κ3) is 5.52. The second-order valence-electron chi connectivity index (χ2n) is 6.39. The molecule has 0 spiro atoms. The van der Waals surface area contributed by atoms with Gasteiger partial charge in [-0.25, -0.2) is 0 Å². The van der Waals surface area contributed by atoms with Crippen molar-refractivity contribution < 1.29 is 9.90 Å². The Kier molecular flexibility index (Phi) is 8.23. The first-order valence-corrected chi connectivity index (χ1v) is 11.3. The van der Waals surface area contributed by atoms with Crippen LogP contribution in [0.15, 0.2) is 91.0 Å². The third-order valence-corrected chi connectivity index (χ3v) is 8.96. The lowest BCUT2D eigenvalue weighted by Crippen LogP contribution is -2.33. The zero-order valence-corrected chi connectivity index (χ0v) is 16.9. The van der Waals surface area contributed by atoms with Crippen LogP contribution in [0.25, 0.3) is 0 Å². The fraction of sp³-hybridized carbons (Fsp3) is 0.208. The lowest BCUT2D eigenvalue weighted by Gasteiger charge is -2.27. The van der Waals surface area contributed by atoms with E-state index in [0.717, 1.165) is 6.92 Å². The molecule has 3 aromatic rings. The van der Waals surface area contributed by atoms with Crippen LogP contribution in [0.4, 0.5) is 0 Å². The van der Waals surface area contributed by atoms with Gasteiger partial charge in [-0.15, -0.1) is 0 Å². The number of carbonyl (C=O) groups is 1. The number of carboxylic acids is 1. The van der Waals surface area contributed by atoms with Gasteiger partial charge in [0.25, 0.3) is 0 Å². The summed E-state index contributed by atoms with van der Waals surface area (Å²) >= 11 is 0. The van der Waals surface area contributed by atoms with E-state index in [9.17, 15) is 0 Å². The van der Waals surface area contributed by atoms with Crippen molar-refractivity contribution in [3.05, 3.63) is 91.0 Å². The number of aliphatic carboxylic acids is 1. The normalized spacial score (nSPS) is 10.6. The van der Waals surface area contributed by atoms with Crippen LogP contribution in [0.2, 0.25) is 0 Å². The smallest absolute Gasteiger partial charge is 0.112 e. The van der Waals surface area contributed by atoms with Gasteiger partial charge in [-0.05, 0) is 49.7 Å².